The minimum Gasteiger partial charge on any atom is -0.324 e. The van der Waals surface area contributed by atoms with E-state index in [2.05, 4.69) is 32.5 Å². The Morgan fingerprint density at radius 2 is 1.92 bits per heavy atom. The lowest BCUT2D eigenvalue weighted by Crippen LogP contribution is -2.38. The second-order valence-electron chi connectivity index (χ2n) is 6.78. The zero-order chi connectivity index (χ0) is 17.9. The second-order valence-corrected chi connectivity index (χ2v) is 8.00. The van der Waals surface area contributed by atoms with Crippen molar-refractivity contribution < 1.29 is 4.79 Å². The van der Waals surface area contributed by atoms with Gasteiger partial charge in [0.25, 0.3) is 0 Å². The molecule has 2 aromatic carbocycles. The van der Waals surface area contributed by atoms with Crippen molar-refractivity contribution in [3.05, 3.63) is 52.5 Å². The molecule has 4 rings (SSSR count). The minimum absolute atomic E-state index is 0.0477. The van der Waals surface area contributed by atoms with Crippen LogP contribution in [0.25, 0.3) is 10.8 Å². The first kappa shape index (κ1) is 17.1. The molecule has 1 aliphatic rings. The summed E-state index contributed by atoms with van der Waals surface area (Å²) in [6.07, 6.45) is 2.08. The van der Waals surface area contributed by atoms with Gasteiger partial charge in [0, 0.05) is 17.0 Å². The number of amides is 1. The van der Waals surface area contributed by atoms with Crippen molar-refractivity contribution in [2.24, 2.45) is 0 Å². The van der Waals surface area contributed by atoms with Crippen molar-refractivity contribution in [1.29, 1.82) is 0 Å². The van der Waals surface area contributed by atoms with Crippen LogP contribution in [0.2, 0.25) is 0 Å². The number of fused-ring (bicyclic) bond motifs is 1. The normalized spacial score (nSPS) is 16.0. The number of hydrogen-bond acceptors (Lipinski definition) is 5. The number of carbonyl (C=O) groups is 1. The number of nitrogens with one attached hydrogen (secondary N) is 1. The molecule has 0 atom stereocenters. The predicted molar refractivity (Wildman–Crippen MR) is 106 cm³/mol. The monoisotopic (exact) mass is 366 g/mol. The average Bonchev–Trinajstić information content (AvgIpc) is 3.09. The molecule has 1 fully saturated rings. The van der Waals surface area contributed by atoms with E-state index < -0.39 is 0 Å². The highest BCUT2D eigenvalue weighted by atomic mass is 32.1. The van der Waals surface area contributed by atoms with Gasteiger partial charge in [0.1, 0.15) is 10.0 Å². The third-order valence-electron chi connectivity index (χ3n) is 4.91. The maximum absolute atomic E-state index is 12.5. The van der Waals surface area contributed by atoms with Crippen molar-refractivity contribution in [2.75, 3.05) is 25.0 Å². The Balaban J connectivity index is 1.34. The van der Waals surface area contributed by atoms with E-state index in [-0.39, 0.29) is 5.91 Å². The molecule has 6 heteroatoms. The number of likely N-dealkylation sites (tertiary alicyclic amines) is 1. The number of carbonyl (C=O) groups excluding carboxylic acids is 1. The number of nitrogens with zero attached hydrogens (tertiary/aromatic N) is 3. The summed E-state index contributed by atoms with van der Waals surface area (Å²) < 4.78 is 0. The van der Waals surface area contributed by atoms with E-state index in [0.717, 1.165) is 52.4 Å². The molecule has 1 N–H and O–H groups in total. The molecule has 2 heterocycles. The van der Waals surface area contributed by atoms with Gasteiger partial charge in [0.2, 0.25) is 5.91 Å². The Kier molecular flexibility index (Phi) is 4.95. The van der Waals surface area contributed by atoms with Crippen LogP contribution in [0, 0.1) is 6.92 Å². The first-order valence-corrected chi connectivity index (χ1v) is 9.80. The van der Waals surface area contributed by atoms with Crippen molar-refractivity contribution in [2.45, 2.75) is 25.7 Å². The van der Waals surface area contributed by atoms with Crippen LogP contribution in [0.5, 0.6) is 0 Å². The third-order valence-corrected chi connectivity index (χ3v) is 5.91. The van der Waals surface area contributed by atoms with Crippen LogP contribution < -0.4 is 5.32 Å². The summed E-state index contributed by atoms with van der Waals surface area (Å²) in [5.74, 6) is 0.533. The molecule has 26 heavy (non-hydrogen) atoms. The lowest BCUT2D eigenvalue weighted by atomic mass is 9.98. The molecule has 134 valence electrons. The van der Waals surface area contributed by atoms with Gasteiger partial charge in [-0.2, -0.15) is 0 Å². The van der Waals surface area contributed by atoms with Gasteiger partial charge >= 0.3 is 0 Å². The highest BCUT2D eigenvalue weighted by Gasteiger charge is 2.24. The van der Waals surface area contributed by atoms with Gasteiger partial charge in [-0.3, -0.25) is 9.69 Å². The molecule has 1 aromatic heterocycles. The summed E-state index contributed by atoms with van der Waals surface area (Å²) in [5.41, 5.74) is 0.882. The molecule has 3 aromatic rings. The topological polar surface area (TPSA) is 58.1 Å². The maximum atomic E-state index is 12.5. The van der Waals surface area contributed by atoms with E-state index in [1.54, 1.807) is 11.3 Å². The van der Waals surface area contributed by atoms with E-state index in [9.17, 15) is 4.79 Å². The summed E-state index contributed by atoms with van der Waals surface area (Å²) in [4.78, 5) is 14.7. The lowest BCUT2D eigenvalue weighted by molar-refractivity contribution is -0.117. The first-order valence-electron chi connectivity index (χ1n) is 8.99. The van der Waals surface area contributed by atoms with Crippen LogP contribution in [0.15, 0.2) is 42.5 Å². The molecule has 0 radical (unpaired) electrons. The fraction of sp³-hybridized carbons (Fsp3) is 0.350. The maximum Gasteiger partial charge on any atom is 0.238 e. The molecule has 0 saturated carbocycles. The Bertz CT molecular complexity index is 910. The second kappa shape index (κ2) is 7.51. The highest BCUT2D eigenvalue weighted by Crippen LogP contribution is 2.30. The molecule has 1 amide bonds. The molecule has 0 unspecified atom stereocenters. The quantitative estimate of drug-likeness (QED) is 0.763. The largest absolute Gasteiger partial charge is 0.324 e. The summed E-state index contributed by atoms with van der Waals surface area (Å²) in [7, 11) is 0. The van der Waals surface area contributed by atoms with Gasteiger partial charge in [-0.1, -0.05) is 36.4 Å². The zero-order valence-corrected chi connectivity index (χ0v) is 15.6. The van der Waals surface area contributed by atoms with Gasteiger partial charge in [-0.05, 0) is 44.3 Å². The highest BCUT2D eigenvalue weighted by molar-refractivity contribution is 7.11. The van der Waals surface area contributed by atoms with Crippen LogP contribution in [0.3, 0.4) is 0 Å². The van der Waals surface area contributed by atoms with E-state index in [1.807, 2.05) is 37.3 Å². The Hall–Kier alpha value is -2.31. The summed E-state index contributed by atoms with van der Waals surface area (Å²) in [5, 5.41) is 15.9. The van der Waals surface area contributed by atoms with Gasteiger partial charge in [-0.15, -0.1) is 21.5 Å². The van der Waals surface area contributed by atoms with Gasteiger partial charge in [-0.25, -0.2) is 0 Å². The van der Waals surface area contributed by atoms with Gasteiger partial charge < -0.3 is 5.32 Å². The van der Waals surface area contributed by atoms with Crippen molar-refractivity contribution in [1.82, 2.24) is 15.1 Å². The van der Waals surface area contributed by atoms with Crippen LogP contribution in [0.4, 0.5) is 5.69 Å². The molecule has 1 aliphatic heterocycles. The minimum atomic E-state index is 0.0477. The molecule has 0 spiro atoms. The molecule has 0 aliphatic carbocycles. The van der Waals surface area contributed by atoms with Crippen LogP contribution in [-0.4, -0.2) is 40.6 Å². The van der Waals surface area contributed by atoms with E-state index in [0.29, 0.717) is 12.5 Å². The summed E-state index contributed by atoms with van der Waals surface area (Å²) in [6.45, 7) is 4.28. The molecule has 5 nitrogen and oxygen atoms in total. The first-order chi connectivity index (χ1) is 12.7. The number of anilines is 1. The molecular formula is C20H22N4OS. The van der Waals surface area contributed by atoms with Crippen LogP contribution >= 0.6 is 11.3 Å². The number of piperidine rings is 1. The van der Waals surface area contributed by atoms with Crippen LogP contribution in [0.1, 0.15) is 28.8 Å². The summed E-state index contributed by atoms with van der Waals surface area (Å²) in [6, 6.07) is 14.1. The smallest absolute Gasteiger partial charge is 0.238 e. The molecule has 0 bridgehead atoms. The van der Waals surface area contributed by atoms with Crippen LogP contribution in [-0.2, 0) is 4.79 Å². The SMILES string of the molecule is Cc1nnc(C2CCN(CC(=O)Nc3cccc4ccccc34)CC2)s1. The van der Waals surface area contributed by atoms with Gasteiger partial charge in [0.05, 0.1) is 6.54 Å². The molecule has 1 saturated heterocycles. The fourth-order valence-corrected chi connectivity index (χ4v) is 4.41. The Labute approximate surface area is 157 Å². The van der Waals surface area contributed by atoms with E-state index in [4.69, 9.17) is 0 Å². The van der Waals surface area contributed by atoms with E-state index in [1.165, 1.54) is 0 Å². The number of aromatic nitrogens is 2. The zero-order valence-electron chi connectivity index (χ0n) is 14.8. The van der Waals surface area contributed by atoms with Crippen molar-refractivity contribution in [3.63, 3.8) is 0 Å². The predicted octanol–water partition coefficient (Wildman–Crippen LogP) is 3.82. The van der Waals surface area contributed by atoms with Gasteiger partial charge in [0.15, 0.2) is 0 Å². The van der Waals surface area contributed by atoms with E-state index >= 15 is 0 Å². The average molecular weight is 366 g/mol. The van der Waals surface area contributed by atoms with Crippen molar-refractivity contribution >= 4 is 33.7 Å². The number of hydrogen-bond donors (Lipinski definition) is 1. The fourth-order valence-electron chi connectivity index (χ4n) is 3.54. The standard InChI is InChI=1S/C20H22N4OS/c1-14-22-23-20(26-14)16-9-11-24(12-10-16)13-19(25)21-18-8-4-6-15-5-2-3-7-17(15)18/h2-8,16H,9-13H2,1H3,(H,21,25). The molecular weight excluding hydrogens is 344 g/mol. The summed E-state index contributed by atoms with van der Waals surface area (Å²) >= 11 is 1.69. The number of rotatable bonds is 4. The lowest BCUT2D eigenvalue weighted by Gasteiger charge is -2.30. The number of aryl methyl sites for hydroxylation is 1. The third kappa shape index (κ3) is 3.76. The van der Waals surface area contributed by atoms with Crippen molar-refractivity contribution in [3.8, 4) is 0 Å². The Morgan fingerprint density at radius 3 is 2.69 bits per heavy atom. The Morgan fingerprint density at radius 1 is 1.15 bits per heavy atom. The number of benzene rings is 2.